The number of benzene rings is 2. The average molecular weight is 313 g/mol. The van der Waals surface area contributed by atoms with Crippen LogP contribution in [0.15, 0.2) is 48.5 Å². The van der Waals surface area contributed by atoms with Crippen molar-refractivity contribution in [2.24, 2.45) is 0 Å². The van der Waals surface area contributed by atoms with Crippen LogP contribution in [0.5, 0.6) is 0 Å². The number of rotatable bonds is 3. The molecule has 0 saturated carbocycles. The van der Waals surface area contributed by atoms with E-state index in [9.17, 15) is 9.18 Å². The number of carbonyl (C=O) groups is 1. The molecule has 2 aromatic carbocycles. The van der Waals surface area contributed by atoms with Gasteiger partial charge in [0.2, 0.25) is 5.91 Å². The van der Waals surface area contributed by atoms with Crippen molar-refractivity contribution in [3.63, 3.8) is 0 Å². The number of carbonyl (C=O) groups excluding carboxylic acids is 1. The molecular weight excluding hydrogens is 293 g/mol. The summed E-state index contributed by atoms with van der Waals surface area (Å²) in [7, 11) is 1.78. The molecule has 1 aliphatic heterocycles. The largest absolute Gasteiger partial charge is 0.314 e. The number of hydrogen-bond acceptors (Lipinski definition) is 3. The highest BCUT2D eigenvalue weighted by Gasteiger charge is 2.32. The highest BCUT2D eigenvalue weighted by atomic mass is 19.1. The zero-order chi connectivity index (χ0) is 16.4. The van der Waals surface area contributed by atoms with Crippen LogP contribution < -0.4 is 15.8 Å². The van der Waals surface area contributed by atoms with E-state index in [1.807, 2.05) is 31.2 Å². The lowest BCUT2D eigenvalue weighted by Crippen LogP contribution is -2.44. The van der Waals surface area contributed by atoms with Gasteiger partial charge in [0.15, 0.2) is 0 Å². The summed E-state index contributed by atoms with van der Waals surface area (Å²) in [6.07, 6.45) is 0.626. The van der Waals surface area contributed by atoms with Gasteiger partial charge in [0.05, 0.1) is 0 Å². The Morgan fingerprint density at radius 3 is 2.39 bits per heavy atom. The van der Waals surface area contributed by atoms with Gasteiger partial charge in [0, 0.05) is 18.8 Å². The number of nitrogens with zero attached hydrogens (tertiary/aromatic N) is 1. The van der Waals surface area contributed by atoms with Gasteiger partial charge < -0.3 is 4.90 Å². The van der Waals surface area contributed by atoms with Crippen LogP contribution in [0.1, 0.15) is 23.6 Å². The molecule has 4 nitrogen and oxygen atoms in total. The summed E-state index contributed by atoms with van der Waals surface area (Å²) >= 11 is 0. The Balaban J connectivity index is 1.67. The van der Waals surface area contributed by atoms with Gasteiger partial charge in [0.1, 0.15) is 11.9 Å². The minimum absolute atomic E-state index is 0.00373. The minimum atomic E-state index is -0.309. The fourth-order valence-electron chi connectivity index (χ4n) is 2.76. The maximum absolute atomic E-state index is 13.0. The summed E-state index contributed by atoms with van der Waals surface area (Å²) in [6, 6.07) is 13.9. The van der Waals surface area contributed by atoms with Gasteiger partial charge in [-0.05, 0) is 43.2 Å². The normalized spacial score (nSPS) is 20.5. The molecule has 2 atom stereocenters. The molecule has 2 aromatic rings. The van der Waals surface area contributed by atoms with Crippen molar-refractivity contribution in [2.45, 2.75) is 25.4 Å². The molecule has 0 spiro atoms. The Bertz CT molecular complexity index is 684. The first-order chi connectivity index (χ1) is 11.0. The maximum Gasteiger partial charge on any atom is 0.245 e. The highest BCUT2D eigenvalue weighted by Crippen LogP contribution is 2.24. The van der Waals surface area contributed by atoms with E-state index in [1.54, 1.807) is 24.1 Å². The van der Waals surface area contributed by atoms with Crippen LogP contribution in [-0.2, 0) is 4.79 Å². The molecule has 0 aliphatic carbocycles. The average Bonchev–Trinajstić information content (AvgIpc) is 3.05. The number of amides is 1. The first-order valence-electron chi connectivity index (χ1n) is 7.65. The molecule has 2 unspecified atom stereocenters. The van der Waals surface area contributed by atoms with Gasteiger partial charge in [-0.15, -0.1) is 0 Å². The second-order valence-corrected chi connectivity index (χ2v) is 5.91. The number of nitrogens with one attached hydrogen (secondary N) is 2. The van der Waals surface area contributed by atoms with Gasteiger partial charge >= 0.3 is 0 Å². The molecule has 5 heteroatoms. The predicted molar refractivity (Wildman–Crippen MR) is 88.4 cm³/mol. The number of hydrogen-bond donors (Lipinski definition) is 2. The molecule has 23 heavy (non-hydrogen) atoms. The summed E-state index contributed by atoms with van der Waals surface area (Å²) in [5, 5.41) is 0. The third-order valence-corrected chi connectivity index (χ3v) is 4.23. The fourth-order valence-corrected chi connectivity index (χ4v) is 2.76. The Morgan fingerprint density at radius 1 is 1.09 bits per heavy atom. The van der Waals surface area contributed by atoms with Gasteiger partial charge in [-0.25, -0.2) is 15.2 Å². The SMILES string of the molecule is Cc1ccc(N(C)C(=O)C2CC(c3ccc(F)cc3)NN2)cc1. The number of aryl methyl sites for hydroxylation is 1. The predicted octanol–water partition coefficient (Wildman–Crippen LogP) is 2.70. The second-order valence-electron chi connectivity index (χ2n) is 5.91. The van der Waals surface area contributed by atoms with Crippen LogP contribution in [0.4, 0.5) is 10.1 Å². The Kier molecular flexibility index (Phi) is 4.41. The van der Waals surface area contributed by atoms with Gasteiger partial charge in [-0.3, -0.25) is 4.79 Å². The molecule has 1 saturated heterocycles. The van der Waals surface area contributed by atoms with Crippen molar-refractivity contribution in [3.05, 3.63) is 65.5 Å². The van der Waals surface area contributed by atoms with Crippen LogP contribution in [-0.4, -0.2) is 19.0 Å². The molecular formula is C18H20FN3O. The molecule has 0 bridgehead atoms. The highest BCUT2D eigenvalue weighted by molar-refractivity contribution is 5.96. The van der Waals surface area contributed by atoms with Crippen molar-refractivity contribution in [1.29, 1.82) is 0 Å². The zero-order valence-electron chi connectivity index (χ0n) is 13.2. The molecule has 120 valence electrons. The third-order valence-electron chi connectivity index (χ3n) is 4.23. The third kappa shape index (κ3) is 3.41. The monoisotopic (exact) mass is 313 g/mol. The van der Waals surface area contributed by atoms with E-state index in [-0.39, 0.29) is 23.8 Å². The van der Waals surface area contributed by atoms with E-state index < -0.39 is 0 Å². The van der Waals surface area contributed by atoms with Gasteiger partial charge in [-0.2, -0.15) is 0 Å². The summed E-state index contributed by atoms with van der Waals surface area (Å²) in [4.78, 5) is 14.3. The molecule has 1 fully saturated rings. The second kappa shape index (κ2) is 6.48. The van der Waals surface area contributed by atoms with E-state index >= 15 is 0 Å². The lowest BCUT2D eigenvalue weighted by atomic mass is 10.0. The van der Waals surface area contributed by atoms with Crippen molar-refractivity contribution in [2.75, 3.05) is 11.9 Å². The molecule has 1 aliphatic rings. The van der Waals surface area contributed by atoms with Crippen molar-refractivity contribution in [1.82, 2.24) is 10.9 Å². The van der Waals surface area contributed by atoms with Gasteiger partial charge in [-0.1, -0.05) is 29.8 Å². The summed E-state index contributed by atoms with van der Waals surface area (Å²) in [5.74, 6) is -0.252. The quantitative estimate of drug-likeness (QED) is 0.916. The van der Waals surface area contributed by atoms with Crippen LogP contribution in [0.3, 0.4) is 0 Å². The molecule has 2 N–H and O–H groups in total. The van der Waals surface area contributed by atoms with Gasteiger partial charge in [0.25, 0.3) is 0 Å². The van der Waals surface area contributed by atoms with Crippen LogP contribution in [0.2, 0.25) is 0 Å². The van der Waals surface area contributed by atoms with Crippen molar-refractivity contribution >= 4 is 11.6 Å². The Morgan fingerprint density at radius 2 is 1.74 bits per heavy atom. The Labute approximate surface area is 135 Å². The van der Waals surface area contributed by atoms with Crippen LogP contribution in [0, 0.1) is 12.7 Å². The number of halogens is 1. The molecule has 1 amide bonds. The maximum atomic E-state index is 13.0. The summed E-state index contributed by atoms with van der Waals surface area (Å²) in [6.45, 7) is 2.02. The molecule has 1 heterocycles. The van der Waals surface area contributed by atoms with E-state index in [0.717, 1.165) is 16.8 Å². The topological polar surface area (TPSA) is 44.4 Å². The first kappa shape index (κ1) is 15.6. The molecule has 0 radical (unpaired) electrons. The minimum Gasteiger partial charge on any atom is -0.314 e. The number of likely N-dealkylation sites (N-methyl/N-ethyl adjacent to an activating group) is 1. The van der Waals surface area contributed by atoms with E-state index in [2.05, 4.69) is 10.9 Å². The van der Waals surface area contributed by atoms with Crippen LogP contribution in [0.25, 0.3) is 0 Å². The lowest BCUT2D eigenvalue weighted by molar-refractivity contribution is -0.120. The summed E-state index contributed by atoms with van der Waals surface area (Å²) in [5.41, 5.74) is 9.16. The van der Waals surface area contributed by atoms with E-state index in [4.69, 9.17) is 0 Å². The van der Waals surface area contributed by atoms with E-state index in [0.29, 0.717) is 6.42 Å². The Hall–Kier alpha value is -2.24. The van der Waals surface area contributed by atoms with E-state index in [1.165, 1.54) is 12.1 Å². The summed E-state index contributed by atoms with van der Waals surface area (Å²) < 4.78 is 13.0. The lowest BCUT2D eigenvalue weighted by Gasteiger charge is -2.21. The smallest absolute Gasteiger partial charge is 0.245 e. The molecule has 3 rings (SSSR count). The number of anilines is 1. The first-order valence-corrected chi connectivity index (χ1v) is 7.65. The zero-order valence-corrected chi connectivity index (χ0v) is 13.2. The van der Waals surface area contributed by atoms with Crippen molar-refractivity contribution in [3.8, 4) is 0 Å². The fraction of sp³-hybridized carbons (Fsp3) is 0.278. The standard InChI is InChI=1S/C18H20FN3O/c1-12-3-9-15(10-4-12)22(2)18(23)17-11-16(20-21-17)13-5-7-14(19)8-6-13/h3-10,16-17,20-21H,11H2,1-2H3. The molecule has 0 aromatic heterocycles. The van der Waals surface area contributed by atoms with Crippen molar-refractivity contribution < 1.29 is 9.18 Å². The van der Waals surface area contributed by atoms with Crippen LogP contribution >= 0.6 is 0 Å². The number of hydrazine groups is 1.